The van der Waals surface area contributed by atoms with E-state index in [4.69, 9.17) is 4.74 Å². The Hall–Kier alpha value is -1.96. The number of hydrogen-bond donors (Lipinski definition) is 3. The Bertz CT molecular complexity index is 761. The van der Waals surface area contributed by atoms with Crippen LogP contribution in [0.25, 0.3) is 0 Å². The van der Waals surface area contributed by atoms with Crippen molar-refractivity contribution in [2.45, 2.75) is 150 Å². The molecule has 0 amide bonds. The van der Waals surface area contributed by atoms with Crippen molar-refractivity contribution in [2.24, 2.45) is 29.1 Å². The van der Waals surface area contributed by atoms with E-state index in [1.54, 1.807) is 0 Å². The smallest absolute Gasteiger partial charge is 0.337 e. The number of aliphatic carboxylic acids is 2. The van der Waals surface area contributed by atoms with Crippen molar-refractivity contribution in [1.29, 1.82) is 0 Å². The van der Waals surface area contributed by atoms with Gasteiger partial charge in [-0.3, -0.25) is 14.4 Å². The fourth-order valence-electron chi connectivity index (χ4n) is 6.27. The van der Waals surface area contributed by atoms with Crippen molar-refractivity contribution in [1.82, 2.24) is 0 Å². The van der Waals surface area contributed by atoms with Crippen LogP contribution < -0.4 is 0 Å². The molecule has 0 aliphatic carbocycles. The summed E-state index contributed by atoms with van der Waals surface area (Å²) in [5.74, 6) is -7.45. The summed E-state index contributed by atoms with van der Waals surface area (Å²) in [6.07, 6.45) is 8.93. The molecule has 8 heteroatoms. The molecule has 0 aromatic rings. The number of carboxylic acids is 2. The number of carbonyl (C=O) groups is 4. The lowest BCUT2D eigenvalue weighted by Crippen LogP contribution is -2.65. The number of esters is 2. The lowest BCUT2D eigenvalue weighted by atomic mass is 9.56. The van der Waals surface area contributed by atoms with Crippen LogP contribution in [-0.2, 0) is 23.9 Å². The lowest BCUT2D eigenvalue weighted by molar-refractivity contribution is -0.214. The third kappa shape index (κ3) is 10.5. The van der Waals surface area contributed by atoms with Gasteiger partial charge in [0.1, 0.15) is 5.41 Å². The molecular formula is C32H58O8. The summed E-state index contributed by atoms with van der Waals surface area (Å²) in [7, 11) is 0. The van der Waals surface area contributed by atoms with Crippen molar-refractivity contribution in [2.75, 3.05) is 0 Å². The molecule has 5 unspecified atom stereocenters. The molecule has 0 saturated heterocycles. The fraction of sp³-hybridized carbons (Fsp3) is 0.875. The van der Waals surface area contributed by atoms with Gasteiger partial charge in [-0.15, -0.1) is 0 Å². The van der Waals surface area contributed by atoms with Gasteiger partial charge in [-0.2, -0.15) is 0 Å². The molecule has 0 aliphatic heterocycles. The highest BCUT2D eigenvalue weighted by molar-refractivity contribution is 5.97. The number of carbonyl (C=O) groups excluding carboxylic acids is 2. The zero-order valence-corrected chi connectivity index (χ0v) is 26.3. The van der Waals surface area contributed by atoms with Crippen molar-refractivity contribution < 1.29 is 39.2 Å². The van der Waals surface area contributed by atoms with Crippen LogP contribution in [0.2, 0.25) is 0 Å². The van der Waals surface area contributed by atoms with Gasteiger partial charge in [0.2, 0.25) is 0 Å². The maximum Gasteiger partial charge on any atom is 0.337 e. The minimum atomic E-state index is -2.97. The van der Waals surface area contributed by atoms with Crippen LogP contribution >= 0.6 is 0 Å². The van der Waals surface area contributed by atoms with Gasteiger partial charge in [0, 0.05) is 6.92 Å². The van der Waals surface area contributed by atoms with E-state index < -0.39 is 40.8 Å². The molecule has 0 spiro atoms. The molecular weight excluding hydrogens is 512 g/mol. The largest absolute Gasteiger partial charge is 0.481 e. The van der Waals surface area contributed by atoms with E-state index in [9.17, 15) is 34.5 Å². The molecule has 0 radical (unpaired) electrons. The Morgan fingerprint density at radius 2 is 1.10 bits per heavy atom. The average molecular weight is 571 g/mol. The standard InChI is InChI=1S/C32H58O8/c1-8-14-17-24(11-4)20-27(28(34)35)32(39,29(36)37)31(30(38)40-23(7)33,21-25(12-5)18-15-9-2)22-26(13-6)19-16-10-3/h24-27,39H,8-22H2,1-7H3,(H,34,35)(H,36,37). The van der Waals surface area contributed by atoms with Crippen LogP contribution in [0.15, 0.2) is 0 Å². The quantitative estimate of drug-likeness (QED) is 0.0853. The minimum absolute atomic E-state index is 0.0590. The number of ether oxygens (including phenoxy) is 1. The van der Waals surface area contributed by atoms with E-state index in [0.717, 1.165) is 45.4 Å². The van der Waals surface area contributed by atoms with Crippen LogP contribution in [0.4, 0.5) is 0 Å². The molecule has 0 rings (SSSR count). The normalized spacial score (nSPS) is 17.6. The Morgan fingerprint density at radius 3 is 1.40 bits per heavy atom. The number of unbranched alkanes of at least 4 members (excludes halogenated alkanes) is 3. The van der Waals surface area contributed by atoms with Gasteiger partial charge in [-0.05, 0) is 37.0 Å². The molecule has 0 aliphatic rings. The first-order valence-electron chi connectivity index (χ1n) is 15.8. The maximum atomic E-state index is 14.1. The van der Waals surface area contributed by atoms with E-state index in [1.165, 1.54) is 0 Å². The van der Waals surface area contributed by atoms with Gasteiger partial charge < -0.3 is 20.1 Å². The predicted molar refractivity (Wildman–Crippen MR) is 157 cm³/mol. The lowest BCUT2D eigenvalue weighted by Gasteiger charge is -2.48. The van der Waals surface area contributed by atoms with E-state index in [2.05, 4.69) is 0 Å². The van der Waals surface area contributed by atoms with Gasteiger partial charge in [-0.1, -0.05) is 119 Å². The first-order valence-corrected chi connectivity index (χ1v) is 15.8. The van der Waals surface area contributed by atoms with Gasteiger partial charge >= 0.3 is 23.9 Å². The first kappa shape index (κ1) is 38.0. The second-order valence-corrected chi connectivity index (χ2v) is 11.8. The Kier molecular flexibility index (Phi) is 18.3. The van der Waals surface area contributed by atoms with Crippen LogP contribution in [0.3, 0.4) is 0 Å². The van der Waals surface area contributed by atoms with E-state index >= 15 is 0 Å². The molecule has 0 aromatic carbocycles. The molecule has 0 fully saturated rings. The molecule has 0 aromatic heterocycles. The molecule has 0 saturated carbocycles. The summed E-state index contributed by atoms with van der Waals surface area (Å²) < 4.78 is 5.14. The predicted octanol–water partition coefficient (Wildman–Crippen LogP) is 7.40. The van der Waals surface area contributed by atoms with E-state index in [0.29, 0.717) is 38.5 Å². The number of rotatable bonds is 23. The molecule has 40 heavy (non-hydrogen) atoms. The van der Waals surface area contributed by atoms with Gasteiger partial charge in [-0.25, -0.2) is 4.79 Å². The SMILES string of the molecule is CCCCC(CC)CC(C(=O)O)C(O)(C(=O)O)C(CC(CC)CCCC)(CC(CC)CCCC)C(=O)OC(C)=O. The van der Waals surface area contributed by atoms with Gasteiger partial charge in [0.25, 0.3) is 0 Å². The molecule has 8 nitrogen and oxygen atoms in total. The molecule has 5 atom stereocenters. The van der Waals surface area contributed by atoms with E-state index in [1.807, 2.05) is 41.5 Å². The van der Waals surface area contributed by atoms with Crippen LogP contribution in [0, 0.1) is 29.1 Å². The monoisotopic (exact) mass is 570 g/mol. The number of aliphatic hydroxyl groups is 1. The average Bonchev–Trinajstić information content (AvgIpc) is 2.91. The Morgan fingerprint density at radius 1 is 0.700 bits per heavy atom. The maximum absolute atomic E-state index is 14.1. The topological polar surface area (TPSA) is 138 Å². The van der Waals surface area contributed by atoms with Gasteiger partial charge in [0.15, 0.2) is 5.60 Å². The highest BCUT2D eigenvalue weighted by Gasteiger charge is 2.67. The third-order valence-corrected chi connectivity index (χ3v) is 8.96. The Labute approximate surface area is 242 Å². The summed E-state index contributed by atoms with van der Waals surface area (Å²) in [6, 6.07) is 0. The van der Waals surface area contributed by atoms with Crippen LogP contribution in [0.1, 0.15) is 145 Å². The van der Waals surface area contributed by atoms with E-state index in [-0.39, 0.29) is 37.0 Å². The number of hydrogen-bond acceptors (Lipinski definition) is 6. The van der Waals surface area contributed by atoms with Gasteiger partial charge in [0.05, 0.1) is 5.92 Å². The zero-order valence-electron chi connectivity index (χ0n) is 26.3. The van der Waals surface area contributed by atoms with Crippen LogP contribution in [-0.4, -0.2) is 44.8 Å². The first-order chi connectivity index (χ1) is 18.8. The highest BCUT2D eigenvalue weighted by atomic mass is 16.6. The summed E-state index contributed by atoms with van der Waals surface area (Å²) in [4.78, 5) is 52.3. The van der Waals surface area contributed by atoms with Crippen LogP contribution in [0.5, 0.6) is 0 Å². The molecule has 0 bridgehead atoms. The minimum Gasteiger partial charge on any atom is -0.481 e. The van der Waals surface area contributed by atoms with Crippen molar-refractivity contribution in [3.05, 3.63) is 0 Å². The fourth-order valence-corrected chi connectivity index (χ4v) is 6.27. The second-order valence-electron chi connectivity index (χ2n) is 11.8. The third-order valence-electron chi connectivity index (χ3n) is 8.96. The second kappa shape index (κ2) is 19.2. The van der Waals surface area contributed by atoms with Crippen molar-refractivity contribution >= 4 is 23.9 Å². The van der Waals surface area contributed by atoms with Crippen molar-refractivity contribution in [3.63, 3.8) is 0 Å². The summed E-state index contributed by atoms with van der Waals surface area (Å²) in [5, 5.41) is 33.7. The molecule has 3 N–H and O–H groups in total. The summed E-state index contributed by atoms with van der Waals surface area (Å²) >= 11 is 0. The molecule has 0 heterocycles. The Balaban J connectivity index is 7.46. The number of carboxylic acid groups (broad SMARTS) is 2. The molecule has 234 valence electrons. The highest BCUT2D eigenvalue weighted by Crippen LogP contribution is 2.52. The summed E-state index contributed by atoms with van der Waals surface area (Å²) in [5.41, 5.74) is -5.08. The van der Waals surface area contributed by atoms with Crippen molar-refractivity contribution in [3.8, 4) is 0 Å². The summed E-state index contributed by atoms with van der Waals surface area (Å²) in [6.45, 7) is 13.0. The zero-order chi connectivity index (χ0) is 30.9.